The van der Waals surface area contributed by atoms with Gasteiger partial charge in [-0.2, -0.15) is 0 Å². The minimum atomic E-state index is 0.758. The zero-order valence-electron chi connectivity index (χ0n) is 12.7. The van der Waals surface area contributed by atoms with Crippen molar-refractivity contribution in [3.8, 4) is 0 Å². The van der Waals surface area contributed by atoms with Crippen LogP contribution in [0.2, 0.25) is 0 Å². The van der Waals surface area contributed by atoms with Crippen molar-refractivity contribution >= 4 is 22.5 Å². The Morgan fingerprint density at radius 2 is 1.95 bits per heavy atom. The molecule has 0 saturated heterocycles. The molecule has 0 atom stereocenters. The number of nitrogens with zero attached hydrogens (tertiary/aromatic N) is 3. The zero-order chi connectivity index (χ0) is 15.4. The fraction of sp³-hybridized carbons (Fsp3) is 0.222. The second-order valence-electron chi connectivity index (χ2n) is 5.08. The van der Waals surface area contributed by atoms with Crippen LogP contribution in [-0.4, -0.2) is 14.8 Å². The highest BCUT2D eigenvalue weighted by molar-refractivity contribution is 7.98. The van der Waals surface area contributed by atoms with Gasteiger partial charge in [-0.15, -0.1) is 16.8 Å². The van der Waals surface area contributed by atoms with Gasteiger partial charge in [0.2, 0.25) is 0 Å². The fourth-order valence-electron chi connectivity index (χ4n) is 2.56. The van der Waals surface area contributed by atoms with Crippen LogP contribution in [0, 0.1) is 0 Å². The van der Waals surface area contributed by atoms with Gasteiger partial charge in [-0.05, 0) is 16.3 Å². The molecule has 0 radical (unpaired) electrons. The van der Waals surface area contributed by atoms with Gasteiger partial charge < -0.3 is 4.57 Å². The van der Waals surface area contributed by atoms with Gasteiger partial charge in [0.15, 0.2) is 5.16 Å². The van der Waals surface area contributed by atoms with Gasteiger partial charge in [-0.25, -0.2) is 0 Å². The molecule has 3 rings (SSSR count). The van der Waals surface area contributed by atoms with Crippen LogP contribution in [0.1, 0.15) is 18.3 Å². The van der Waals surface area contributed by atoms with E-state index in [-0.39, 0.29) is 0 Å². The van der Waals surface area contributed by atoms with E-state index in [1.54, 1.807) is 11.8 Å². The van der Waals surface area contributed by atoms with E-state index < -0.39 is 0 Å². The Kier molecular flexibility index (Phi) is 4.59. The molecule has 1 heterocycles. The molecule has 0 bridgehead atoms. The summed E-state index contributed by atoms with van der Waals surface area (Å²) in [5.74, 6) is 1.90. The summed E-state index contributed by atoms with van der Waals surface area (Å²) in [7, 11) is 0. The minimum Gasteiger partial charge on any atom is -0.302 e. The molecule has 22 heavy (non-hydrogen) atoms. The van der Waals surface area contributed by atoms with Crippen molar-refractivity contribution in [1.29, 1.82) is 0 Å². The van der Waals surface area contributed by atoms with E-state index in [1.807, 2.05) is 6.08 Å². The third kappa shape index (κ3) is 2.92. The van der Waals surface area contributed by atoms with Gasteiger partial charge in [0, 0.05) is 18.7 Å². The predicted molar refractivity (Wildman–Crippen MR) is 93.1 cm³/mol. The maximum Gasteiger partial charge on any atom is 0.191 e. The predicted octanol–water partition coefficient (Wildman–Crippen LogP) is 4.47. The molecule has 112 valence electrons. The molecular formula is C18H19N3S. The Morgan fingerprint density at radius 1 is 1.14 bits per heavy atom. The Morgan fingerprint density at radius 3 is 2.77 bits per heavy atom. The maximum absolute atomic E-state index is 4.33. The number of aromatic nitrogens is 3. The minimum absolute atomic E-state index is 0.758. The number of benzene rings is 2. The molecule has 0 N–H and O–H groups in total. The number of fused-ring (bicyclic) bond motifs is 1. The van der Waals surface area contributed by atoms with Gasteiger partial charge in [0.05, 0.1) is 0 Å². The van der Waals surface area contributed by atoms with Crippen molar-refractivity contribution in [3.63, 3.8) is 0 Å². The second-order valence-corrected chi connectivity index (χ2v) is 6.02. The first-order valence-corrected chi connectivity index (χ1v) is 8.44. The van der Waals surface area contributed by atoms with Crippen molar-refractivity contribution in [1.82, 2.24) is 14.8 Å². The molecule has 0 aliphatic heterocycles. The molecule has 4 heteroatoms. The van der Waals surface area contributed by atoms with Crippen molar-refractivity contribution in [2.75, 3.05) is 0 Å². The molecule has 1 aromatic heterocycles. The Balaban J connectivity index is 1.85. The van der Waals surface area contributed by atoms with Crippen LogP contribution in [0.15, 0.2) is 60.3 Å². The van der Waals surface area contributed by atoms with E-state index in [4.69, 9.17) is 0 Å². The summed E-state index contributed by atoms with van der Waals surface area (Å²) in [6, 6.07) is 14.9. The molecule has 0 aliphatic rings. The van der Waals surface area contributed by atoms with E-state index in [0.29, 0.717) is 0 Å². The molecule has 0 amide bonds. The highest BCUT2D eigenvalue weighted by Gasteiger charge is 2.11. The number of hydrogen-bond acceptors (Lipinski definition) is 3. The van der Waals surface area contributed by atoms with Gasteiger partial charge in [0.1, 0.15) is 5.82 Å². The van der Waals surface area contributed by atoms with Crippen LogP contribution in [0.5, 0.6) is 0 Å². The lowest BCUT2D eigenvalue weighted by Gasteiger charge is -2.08. The standard InChI is InChI=1S/C18H19N3S/c1-3-12-21-17(4-2)19-20-18(21)22-13-15-10-7-9-14-8-5-6-11-16(14)15/h3,5-11H,1,4,12-13H2,2H3. The van der Waals surface area contributed by atoms with Gasteiger partial charge in [-0.3, -0.25) is 0 Å². The van der Waals surface area contributed by atoms with Crippen LogP contribution >= 0.6 is 11.8 Å². The van der Waals surface area contributed by atoms with Crippen molar-refractivity contribution in [2.24, 2.45) is 0 Å². The van der Waals surface area contributed by atoms with Crippen LogP contribution in [0.25, 0.3) is 10.8 Å². The first kappa shape index (κ1) is 14.9. The third-order valence-corrected chi connectivity index (χ3v) is 4.67. The zero-order valence-corrected chi connectivity index (χ0v) is 13.5. The Hall–Kier alpha value is -2.07. The molecule has 0 unspecified atom stereocenters. The van der Waals surface area contributed by atoms with E-state index in [2.05, 4.69) is 70.7 Å². The lowest BCUT2D eigenvalue weighted by Crippen LogP contribution is -2.02. The normalized spacial score (nSPS) is 11.0. The highest BCUT2D eigenvalue weighted by atomic mass is 32.2. The van der Waals surface area contributed by atoms with E-state index in [0.717, 1.165) is 29.7 Å². The average Bonchev–Trinajstić information content (AvgIpc) is 2.95. The van der Waals surface area contributed by atoms with E-state index >= 15 is 0 Å². The SMILES string of the molecule is C=CCn1c(CC)nnc1SCc1cccc2ccccc12. The summed E-state index contributed by atoms with van der Waals surface area (Å²) in [5.41, 5.74) is 1.33. The molecule has 0 spiro atoms. The van der Waals surface area contributed by atoms with Crippen molar-refractivity contribution in [2.45, 2.75) is 30.8 Å². The topological polar surface area (TPSA) is 30.7 Å². The molecule has 3 aromatic rings. The first-order chi connectivity index (χ1) is 10.8. The second kappa shape index (κ2) is 6.79. The smallest absolute Gasteiger partial charge is 0.191 e. The number of thioether (sulfide) groups is 1. The van der Waals surface area contributed by atoms with Crippen LogP contribution < -0.4 is 0 Å². The van der Waals surface area contributed by atoms with E-state index in [9.17, 15) is 0 Å². The molecule has 0 saturated carbocycles. The summed E-state index contributed by atoms with van der Waals surface area (Å²) in [6.07, 6.45) is 2.78. The highest BCUT2D eigenvalue weighted by Crippen LogP contribution is 2.27. The number of allylic oxidation sites excluding steroid dienone is 1. The number of aryl methyl sites for hydroxylation is 1. The molecule has 0 aliphatic carbocycles. The maximum atomic E-state index is 4.33. The van der Waals surface area contributed by atoms with E-state index in [1.165, 1.54) is 16.3 Å². The van der Waals surface area contributed by atoms with Gasteiger partial charge in [-0.1, -0.05) is 67.2 Å². The summed E-state index contributed by atoms with van der Waals surface area (Å²) in [5, 5.41) is 12.2. The summed E-state index contributed by atoms with van der Waals surface area (Å²) >= 11 is 1.73. The van der Waals surface area contributed by atoms with Crippen LogP contribution in [-0.2, 0) is 18.7 Å². The summed E-state index contributed by atoms with van der Waals surface area (Å²) in [6.45, 7) is 6.68. The Labute approximate surface area is 135 Å². The molecule has 0 fully saturated rings. The quantitative estimate of drug-likeness (QED) is 0.497. The third-order valence-electron chi connectivity index (χ3n) is 3.66. The lowest BCUT2D eigenvalue weighted by atomic mass is 10.1. The molecule has 3 nitrogen and oxygen atoms in total. The lowest BCUT2D eigenvalue weighted by molar-refractivity contribution is 0.685. The van der Waals surface area contributed by atoms with Crippen molar-refractivity contribution in [3.05, 3.63) is 66.5 Å². The number of hydrogen-bond donors (Lipinski definition) is 0. The van der Waals surface area contributed by atoms with Crippen molar-refractivity contribution < 1.29 is 0 Å². The summed E-state index contributed by atoms with van der Waals surface area (Å²) in [4.78, 5) is 0. The van der Waals surface area contributed by atoms with Gasteiger partial charge in [0.25, 0.3) is 0 Å². The Bertz CT molecular complexity index is 787. The monoisotopic (exact) mass is 309 g/mol. The van der Waals surface area contributed by atoms with Crippen LogP contribution in [0.3, 0.4) is 0 Å². The molecular weight excluding hydrogens is 290 g/mol. The van der Waals surface area contributed by atoms with Crippen LogP contribution in [0.4, 0.5) is 0 Å². The number of rotatable bonds is 6. The molecule has 2 aromatic carbocycles. The summed E-state index contributed by atoms with van der Waals surface area (Å²) < 4.78 is 2.14. The van der Waals surface area contributed by atoms with Gasteiger partial charge >= 0.3 is 0 Å². The fourth-order valence-corrected chi connectivity index (χ4v) is 3.53. The first-order valence-electron chi connectivity index (χ1n) is 7.46. The largest absolute Gasteiger partial charge is 0.302 e. The average molecular weight is 309 g/mol.